The molecule has 0 aromatic heterocycles. The number of halogens is 4. The van der Waals surface area contributed by atoms with Crippen molar-refractivity contribution in [3.63, 3.8) is 0 Å². The quantitative estimate of drug-likeness (QED) is 0.213. The summed E-state index contributed by atoms with van der Waals surface area (Å²) in [6, 6.07) is 0. The summed E-state index contributed by atoms with van der Waals surface area (Å²) in [6.07, 6.45) is -8.64. The molecular weight excluding hydrogens is 354 g/mol. The Bertz CT molecular complexity index is 417. The van der Waals surface area contributed by atoms with Gasteiger partial charge < -0.3 is 25.0 Å². The fraction of sp³-hybridized carbons (Fsp3) is 1.00. The maximum atomic E-state index is 11.4. The summed E-state index contributed by atoms with van der Waals surface area (Å²) in [4.78, 5) is 0. The van der Waals surface area contributed by atoms with Crippen molar-refractivity contribution < 1.29 is 55.4 Å². The van der Waals surface area contributed by atoms with Crippen molar-refractivity contribution >= 4 is 10.1 Å². The zero-order valence-corrected chi connectivity index (χ0v) is 13.6. The zero-order chi connectivity index (χ0) is 19.4. The molecule has 13 heteroatoms. The minimum absolute atomic E-state index is 0.556. The van der Waals surface area contributed by atoms with Gasteiger partial charge in [0.25, 0.3) is 0 Å². The van der Waals surface area contributed by atoms with E-state index in [9.17, 15) is 51.0 Å². The Kier molecular flexibility index (Phi) is 9.13. The van der Waals surface area contributed by atoms with Gasteiger partial charge in [0.15, 0.2) is 35.0 Å². The van der Waals surface area contributed by atoms with Crippen LogP contribution in [0.15, 0.2) is 0 Å². The second-order valence-electron chi connectivity index (χ2n) is 4.74. The molecule has 0 aliphatic carbocycles. The third kappa shape index (κ3) is 5.48. The van der Waals surface area contributed by atoms with Crippen molar-refractivity contribution in [2.75, 3.05) is 0 Å². The van der Waals surface area contributed by atoms with Crippen LogP contribution in [0.1, 0.15) is 27.7 Å². The first kappa shape index (κ1) is 24.7. The van der Waals surface area contributed by atoms with Crippen LogP contribution >= 0.6 is 0 Å². The van der Waals surface area contributed by atoms with Gasteiger partial charge in [0.05, 0.1) is 0 Å². The van der Waals surface area contributed by atoms with E-state index in [4.69, 9.17) is 0 Å². The predicted molar refractivity (Wildman–Crippen MR) is 67.6 cm³/mol. The number of quaternary nitrogens is 1. The van der Waals surface area contributed by atoms with Gasteiger partial charge in [-0.1, -0.05) is 0 Å². The first-order valence-corrected chi connectivity index (χ1v) is 7.59. The van der Waals surface area contributed by atoms with Gasteiger partial charge in [0.1, 0.15) is 0 Å². The molecule has 23 heavy (non-hydrogen) atoms. The van der Waals surface area contributed by atoms with E-state index < -0.39 is 51.2 Å². The number of hydrogen-bond donors (Lipinski definition) is 4. The molecule has 0 aromatic carbocycles. The molecule has 0 saturated heterocycles. The number of hydrogen-bond acceptors (Lipinski definition) is 7. The van der Waals surface area contributed by atoms with Gasteiger partial charge in [0, 0.05) is 27.7 Å². The monoisotopic (exact) mass is 375 g/mol. The third-order valence-corrected chi connectivity index (χ3v) is 4.02. The number of alkyl halides is 4. The fourth-order valence-electron chi connectivity index (χ4n) is 1.98. The molecule has 8 nitrogen and oxygen atoms in total. The van der Waals surface area contributed by atoms with E-state index >= 15 is 0 Å². The number of aliphatic hydroxyl groups excluding tert-OH is 4. The van der Waals surface area contributed by atoms with E-state index in [1.54, 1.807) is 0 Å². The van der Waals surface area contributed by atoms with Crippen LogP contribution < -0.4 is 0 Å². The van der Waals surface area contributed by atoms with Crippen molar-refractivity contribution in [3.8, 4) is 0 Å². The fourth-order valence-corrected chi connectivity index (χ4v) is 2.20. The average Bonchev–Trinajstić information content (AvgIpc) is 2.25. The maximum absolute atomic E-state index is 11.4. The van der Waals surface area contributed by atoms with Crippen molar-refractivity contribution in [2.45, 2.75) is 64.3 Å². The number of nitrogens with zero attached hydrogens (tertiary/aromatic N) is 1. The Labute approximate surface area is 130 Å². The molecule has 4 unspecified atom stereocenters. The molecule has 0 saturated carbocycles. The van der Waals surface area contributed by atoms with Crippen LogP contribution in [0.4, 0.5) is 17.6 Å². The molecule has 4 N–H and O–H groups in total. The molecular formula is C10H21F4NO7S. The zero-order valence-electron chi connectivity index (χ0n) is 12.8. The highest BCUT2D eigenvalue weighted by atomic mass is 32.2. The van der Waals surface area contributed by atoms with Crippen LogP contribution in [0.25, 0.3) is 0 Å². The van der Waals surface area contributed by atoms with E-state index in [0.717, 1.165) is 0 Å². The Morgan fingerprint density at radius 2 is 1.09 bits per heavy atom. The standard InChI is InChI=1S/C8H20NO4.C2H2F4O3S/c1-5(10)9(6(2)11,7(3)12)8(4)13;3-1(4)2(5,6)10(7,8)9/h5-8,10-13H,1-4H3;1H,(H,7,8,9)/q+1;/p-1. The summed E-state index contributed by atoms with van der Waals surface area (Å²) in [5.74, 6) is 0. The van der Waals surface area contributed by atoms with E-state index in [-0.39, 0.29) is 0 Å². The summed E-state index contributed by atoms with van der Waals surface area (Å²) < 4.78 is 72.1. The second-order valence-corrected chi connectivity index (χ2v) is 6.19. The van der Waals surface area contributed by atoms with Crippen molar-refractivity contribution in [2.24, 2.45) is 0 Å². The van der Waals surface area contributed by atoms with Crippen molar-refractivity contribution in [3.05, 3.63) is 0 Å². The molecule has 0 amide bonds. The lowest BCUT2D eigenvalue weighted by Gasteiger charge is -2.46. The van der Waals surface area contributed by atoms with Crippen LogP contribution in [-0.4, -0.2) is 74.5 Å². The Hall–Kier alpha value is -0.570. The molecule has 0 fully saturated rings. The third-order valence-electron chi connectivity index (χ3n) is 3.18. The highest BCUT2D eigenvalue weighted by Gasteiger charge is 2.48. The predicted octanol–water partition coefficient (Wildman–Crippen LogP) is -0.454. The summed E-state index contributed by atoms with van der Waals surface area (Å²) in [5.41, 5.74) is 0. The van der Waals surface area contributed by atoms with Gasteiger partial charge in [-0.15, -0.1) is 0 Å². The molecule has 0 bridgehead atoms. The number of aliphatic hydroxyl groups is 4. The van der Waals surface area contributed by atoms with Gasteiger partial charge in [-0.05, 0) is 0 Å². The molecule has 0 heterocycles. The van der Waals surface area contributed by atoms with Crippen LogP contribution in [0, 0.1) is 0 Å². The highest BCUT2D eigenvalue weighted by molar-refractivity contribution is 7.86. The molecule has 0 aliphatic rings. The van der Waals surface area contributed by atoms with Gasteiger partial charge in [0.2, 0.25) is 0 Å². The molecule has 0 radical (unpaired) electrons. The average molecular weight is 375 g/mol. The lowest BCUT2D eigenvalue weighted by molar-refractivity contribution is -1.07. The maximum Gasteiger partial charge on any atom is 0.393 e. The Balaban J connectivity index is 0. The van der Waals surface area contributed by atoms with E-state index in [2.05, 4.69) is 0 Å². The topological polar surface area (TPSA) is 138 Å². The van der Waals surface area contributed by atoms with Gasteiger partial charge in [-0.25, -0.2) is 21.7 Å². The smallest absolute Gasteiger partial charge is 0.393 e. The first-order valence-electron chi connectivity index (χ1n) is 6.18. The van der Waals surface area contributed by atoms with Gasteiger partial charge in [-0.2, -0.15) is 8.78 Å². The normalized spacial score (nSPS) is 20.8. The molecule has 0 aliphatic heterocycles. The largest absolute Gasteiger partial charge is 0.743 e. The van der Waals surface area contributed by atoms with E-state index in [0.29, 0.717) is 0 Å². The highest BCUT2D eigenvalue weighted by Crippen LogP contribution is 2.27. The summed E-state index contributed by atoms with van der Waals surface area (Å²) in [6.45, 7) is 5.69. The molecule has 0 rings (SSSR count). The first-order chi connectivity index (χ1) is 9.97. The number of rotatable bonds is 6. The van der Waals surface area contributed by atoms with Crippen LogP contribution in [0.3, 0.4) is 0 Å². The van der Waals surface area contributed by atoms with E-state index in [1.807, 2.05) is 0 Å². The van der Waals surface area contributed by atoms with E-state index in [1.165, 1.54) is 27.7 Å². The van der Waals surface area contributed by atoms with Crippen molar-refractivity contribution in [1.29, 1.82) is 0 Å². The lowest BCUT2D eigenvalue weighted by atomic mass is 10.2. The summed E-state index contributed by atoms with van der Waals surface area (Å²) in [7, 11) is -6.23. The summed E-state index contributed by atoms with van der Waals surface area (Å²) in [5, 5.41) is 32.4. The van der Waals surface area contributed by atoms with Crippen LogP contribution in [0.2, 0.25) is 0 Å². The molecule has 142 valence electrons. The Morgan fingerprint density at radius 3 is 1.09 bits per heavy atom. The van der Waals surface area contributed by atoms with Crippen LogP contribution in [-0.2, 0) is 10.1 Å². The SMILES string of the molecule is CC(O)[N+](C(C)O)(C(C)O)C(C)O.O=S(=O)([O-])C(F)(F)C(F)F. The molecule has 0 spiro atoms. The minimum Gasteiger partial charge on any atom is -0.743 e. The van der Waals surface area contributed by atoms with Gasteiger partial charge in [-0.3, -0.25) is 0 Å². The van der Waals surface area contributed by atoms with Crippen molar-refractivity contribution in [1.82, 2.24) is 0 Å². The lowest BCUT2D eigenvalue weighted by Crippen LogP contribution is -2.68. The van der Waals surface area contributed by atoms with Crippen LogP contribution in [0.5, 0.6) is 0 Å². The summed E-state index contributed by atoms with van der Waals surface area (Å²) >= 11 is 0. The molecule has 0 aromatic rings. The Morgan fingerprint density at radius 1 is 0.870 bits per heavy atom. The minimum atomic E-state index is -6.23. The van der Waals surface area contributed by atoms with Gasteiger partial charge >= 0.3 is 11.7 Å². The molecule has 4 atom stereocenters. The second kappa shape index (κ2) is 8.50.